The van der Waals surface area contributed by atoms with E-state index in [1.54, 1.807) is 0 Å². The van der Waals surface area contributed by atoms with E-state index in [4.69, 9.17) is 22.4 Å². The molecule has 0 fully saturated rings. The van der Waals surface area contributed by atoms with E-state index < -0.39 is 0 Å². The van der Waals surface area contributed by atoms with Crippen LogP contribution < -0.4 is 5.73 Å². The van der Waals surface area contributed by atoms with E-state index >= 15 is 0 Å². The topological polar surface area (TPSA) is 46.2 Å². The van der Waals surface area contributed by atoms with Gasteiger partial charge in [-0.3, -0.25) is 0 Å². The van der Waals surface area contributed by atoms with Crippen LogP contribution in [0, 0.1) is 0 Å². The third kappa shape index (κ3) is 4.15. The fourth-order valence-electron chi connectivity index (χ4n) is 1.03. The van der Waals surface area contributed by atoms with Gasteiger partial charge in [0.1, 0.15) is 0 Å². The highest BCUT2D eigenvalue weighted by molar-refractivity contribution is 9.10. The zero-order chi connectivity index (χ0) is 9.84. The third-order valence-corrected chi connectivity index (χ3v) is 2.58. The molecule has 3 N–H and O–H groups in total. The smallest absolute Gasteiger partial charge is 0.0585 e. The summed E-state index contributed by atoms with van der Waals surface area (Å²) < 4.78 is 0.943. The van der Waals surface area contributed by atoms with Crippen LogP contribution in [0.4, 0.5) is 0 Å². The van der Waals surface area contributed by atoms with Gasteiger partial charge in [0, 0.05) is 15.5 Å². The van der Waals surface area contributed by atoms with E-state index in [1.807, 2.05) is 18.2 Å². The molecule has 0 aromatic heterocycles. The Hall–Kier alpha value is 0.200. The Bertz CT molecular complexity index is 296. The van der Waals surface area contributed by atoms with Gasteiger partial charge in [-0.1, -0.05) is 33.6 Å². The van der Waals surface area contributed by atoms with Crippen LogP contribution in [0.2, 0.25) is 5.02 Å². The number of halogens is 3. The molecule has 0 bridgehead atoms. The van der Waals surface area contributed by atoms with E-state index in [1.165, 1.54) is 0 Å². The second-order valence-corrected chi connectivity index (χ2v) is 4.21. The van der Waals surface area contributed by atoms with Crippen LogP contribution in [-0.4, -0.2) is 17.8 Å². The average Bonchev–Trinajstić information content (AvgIpc) is 2.09. The Kier molecular flexibility index (Phi) is 6.74. The van der Waals surface area contributed by atoms with Crippen LogP contribution in [0.15, 0.2) is 22.7 Å². The molecule has 5 heteroatoms. The molecule has 2 nitrogen and oxygen atoms in total. The summed E-state index contributed by atoms with van der Waals surface area (Å²) in [6.07, 6.45) is 0.600. The van der Waals surface area contributed by atoms with Crippen molar-refractivity contribution >= 4 is 39.9 Å². The summed E-state index contributed by atoms with van der Waals surface area (Å²) in [7, 11) is 0. The summed E-state index contributed by atoms with van der Waals surface area (Å²) in [6, 6.07) is 5.40. The zero-order valence-corrected chi connectivity index (χ0v) is 10.6. The Morgan fingerprint density at radius 1 is 1.50 bits per heavy atom. The van der Waals surface area contributed by atoms with Crippen LogP contribution in [0.3, 0.4) is 0 Å². The van der Waals surface area contributed by atoms with Gasteiger partial charge >= 0.3 is 0 Å². The summed E-state index contributed by atoms with van der Waals surface area (Å²) >= 11 is 9.28. The van der Waals surface area contributed by atoms with E-state index in [2.05, 4.69) is 15.9 Å². The summed E-state index contributed by atoms with van der Waals surface area (Å²) in [5.41, 5.74) is 6.56. The molecule has 0 aliphatic carbocycles. The number of aliphatic hydroxyl groups excluding tert-OH is 1. The number of hydrogen-bond acceptors (Lipinski definition) is 2. The molecule has 0 aliphatic heterocycles. The van der Waals surface area contributed by atoms with E-state index in [0.29, 0.717) is 11.4 Å². The van der Waals surface area contributed by atoms with Gasteiger partial charge in [-0.2, -0.15) is 0 Å². The number of rotatable bonds is 3. The monoisotopic (exact) mass is 299 g/mol. The average molecular weight is 301 g/mol. The van der Waals surface area contributed by atoms with Crippen LogP contribution in [0.25, 0.3) is 0 Å². The summed E-state index contributed by atoms with van der Waals surface area (Å²) in [5.74, 6) is 0. The first kappa shape index (κ1) is 14.2. The Labute approximate surface area is 103 Å². The maximum absolute atomic E-state index is 8.76. The first-order valence-corrected chi connectivity index (χ1v) is 5.11. The molecule has 1 atom stereocenters. The van der Waals surface area contributed by atoms with Crippen LogP contribution in [-0.2, 0) is 6.42 Å². The molecule has 1 aromatic rings. The largest absolute Gasteiger partial charge is 0.395 e. The molecule has 0 spiro atoms. The fourth-order valence-corrected chi connectivity index (χ4v) is 1.78. The van der Waals surface area contributed by atoms with Gasteiger partial charge in [0.25, 0.3) is 0 Å². The lowest BCUT2D eigenvalue weighted by molar-refractivity contribution is 0.265. The molecule has 1 unspecified atom stereocenters. The van der Waals surface area contributed by atoms with E-state index in [9.17, 15) is 0 Å². The molecular formula is C9H12BrCl2NO. The molecule has 14 heavy (non-hydrogen) atoms. The van der Waals surface area contributed by atoms with Gasteiger partial charge in [0.15, 0.2) is 0 Å². The molecule has 80 valence electrons. The maximum Gasteiger partial charge on any atom is 0.0585 e. The van der Waals surface area contributed by atoms with Crippen LogP contribution in [0.5, 0.6) is 0 Å². The summed E-state index contributed by atoms with van der Waals surface area (Å²) in [4.78, 5) is 0. The Balaban J connectivity index is 0.00000169. The molecule has 1 rings (SSSR count). The van der Waals surface area contributed by atoms with Crippen molar-refractivity contribution in [1.29, 1.82) is 0 Å². The summed E-state index contributed by atoms with van der Waals surface area (Å²) in [5, 5.41) is 9.44. The van der Waals surface area contributed by atoms with Crippen molar-refractivity contribution in [1.82, 2.24) is 0 Å². The van der Waals surface area contributed by atoms with Crippen molar-refractivity contribution in [3.05, 3.63) is 33.3 Å². The van der Waals surface area contributed by atoms with Gasteiger partial charge in [-0.05, 0) is 24.1 Å². The lowest BCUT2D eigenvalue weighted by Gasteiger charge is -2.09. The number of aliphatic hydroxyl groups is 1. The normalized spacial score (nSPS) is 12.0. The molecule has 0 radical (unpaired) electrons. The van der Waals surface area contributed by atoms with E-state index in [0.717, 1.165) is 10.0 Å². The molecule has 0 amide bonds. The molecule has 1 aromatic carbocycles. The number of benzene rings is 1. The number of nitrogens with two attached hydrogens (primary N) is 1. The number of hydrogen-bond donors (Lipinski definition) is 2. The van der Waals surface area contributed by atoms with Gasteiger partial charge < -0.3 is 10.8 Å². The second-order valence-electron chi connectivity index (χ2n) is 2.88. The third-order valence-electron chi connectivity index (χ3n) is 1.73. The highest BCUT2D eigenvalue weighted by Gasteiger charge is 2.06. The van der Waals surface area contributed by atoms with Gasteiger partial charge in [0.2, 0.25) is 0 Å². The van der Waals surface area contributed by atoms with Crippen molar-refractivity contribution in [2.45, 2.75) is 12.5 Å². The summed E-state index contributed by atoms with van der Waals surface area (Å²) in [6.45, 7) is -0.0214. The Morgan fingerprint density at radius 2 is 2.14 bits per heavy atom. The lowest BCUT2D eigenvalue weighted by atomic mass is 10.1. The van der Waals surface area contributed by atoms with Gasteiger partial charge in [-0.15, -0.1) is 12.4 Å². The van der Waals surface area contributed by atoms with Crippen molar-refractivity contribution in [3.63, 3.8) is 0 Å². The van der Waals surface area contributed by atoms with Gasteiger partial charge in [0.05, 0.1) is 6.61 Å². The minimum atomic E-state index is -0.237. The van der Waals surface area contributed by atoms with E-state index in [-0.39, 0.29) is 25.1 Å². The highest BCUT2D eigenvalue weighted by atomic mass is 79.9. The van der Waals surface area contributed by atoms with Crippen molar-refractivity contribution in [2.24, 2.45) is 5.73 Å². The minimum absolute atomic E-state index is 0. The standard InChI is InChI=1S/C9H11BrClNO.ClH/c10-7-2-1-6(9(11)4-7)3-8(12)5-13;/h1-2,4,8,13H,3,5,12H2;1H. The SMILES string of the molecule is Cl.NC(CO)Cc1ccc(Br)cc1Cl. The van der Waals surface area contributed by atoms with Crippen molar-refractivity contribution in [2.75, 3.05) is 6.61 Å². The fraction of sp³-hybridized carbons (Fsp3) is 0.333. The lowest BCUT2D eigenvalue weighted by Crippen LogP contribution is -2.26. The van der Waals surface area contributed by atoms with Gasteiger partial charge in [-0.25, -0.2) is 0 Å². The zero-order valence-electron chi connectivity index (χ0n) is 7.41. The minimum Gasteiger partial charge on any atom is -0.395 e. The molecule has 0 heterocycles. The first-order chi connectivity index (χ1) is 6.13. The quantitative estimate of drug-likeness (QED) is 0.900. The first-order valence-electron chi connectivity index (χ1n) is 3.94. The Morgan fingerprint density at radius 3 is 2.64 bits per heavy atom. The molecule has 0 saturated heterocycles. The predicted octanol–water partition coefficient (Wildman–Crippen LogP) is 2.39. The highest BCUT2D eigenvalue weighted by Crippen LogP contribution is 2.22. The molecule has 0 saturated carbocycles. The maximum atomic E-state index is 8.76. The van der Waals surface area contributed by atoms with Crippen LogP contribution >= 0.6 is 39.9 Å². The second kappa shape index (κ2) is 6.64. The molecule has 0 aliphatic rings. The van der Waals surface area contributed by atoms with Crippen molar-refractivity contribution in [3.8, 4) is 0 Å². The molecular weight excluding hydrogens is 289 g/mol. The van der Waals surface area contributed by atoms with Crippen LogP contribution in [0.1, 0.15) is 5.56 Å². The predicted molar refractivity (Wildman–Crippen MR) is 65.2 cm³/mol. The van der Waals surface area contributed by atoms with Crippen molar-refractivity contribution < 1.29 is 5.11 Å².